The van der Waals surface area contributed by atoms with Crippen LogP contribution in [-0.2, 0) is 24.6 Å². The molecule has 1 saturated heterocycles. The molecule has 1 aromatic rings. The number of hydrogen-bond acceptors (Lipinski definition) is 4. The van der Waals surface area contributed by atoms with Crippen LogP contribution in [0, 0.1) is 0 Å². The molecule has 1 N–H and O–H groups in total. The summed E-state index contributed by atoms with van der Waals surface area (Å²) >= 11 is 0. The largest absolute Gasteiger partial charge is 0.374 e. The van der Waals surface area contributed by atoms with E-state index in [1.165, 1.54) is 5.69 Å². The van der Waals surface area contributed by atoms with Crippen LogP contribution in [0.5, 0.6) is 0 Å². The number of rotatable bonds is 5. The van der Waals surface area contributed by atoms with Gasteiger partial charge in [-0.1, -0.05) is 6.92 Å². The summed E-state index contributed by atoms with van der Waals surface area (Å²) in [6.45, 7) is 4.98. The Morgan fingerprint density at radius 2 is 2.32 bits per heavy atom. The molecule has 1 aliphatic rings. The van der Waals surface area contributed by atoms with Gasteiger partial charge in [0, 0.05) is 38.3 Å². The van der Waals surface area contributed by atoms with E-state index in [0.29, 0.717) is 6.04 Å². The zero-order chi connectivity index (χ0) is 13.8. The minimum Gasteiger partial charge on any atom is -0.374 e. The van der Waals surface area contributed by atoms with Crippen molar-refractivity contribution in [3.05, 3.63) is 17.5 Å². The van der Waals surface area contributed by atoms with Gasteiger partial charge in [-0.05, 0) is 26.6 Å². The summed E-state index contributed by atoms with van der Waals surface area (Å²) in [5.41, 5.74) is 2.43. The first-order valence-electron chi connectivity index (χ1n) is 7.13. The Hall–Kier alpha value is -0.910. The molecule has 2 heterocycles. The zero-order valence-electron chi connectivity index (χ0n) is 12.5. The lowest BCUT2D eigenvalue weighted by molar-refractivity contribution is -0.0374. The Labute approximate surface area is 115 Å². The lowest BCUT2D eigenvalue weighted by Gasteiger charge is -2.35. The predicted molar refractivity (Wildman–Crippen MR) is 76.4 cm³/mol. The summed E-state index contributed by atoms with van der Waals surface area (Å²) in [6, 6.07) is 2.54. The topological polar surface area (TPSA) is 42.3 Å². The van der Waals surface area contributed by atoms with Gasteiger partial charge in [-0.25, -0.2) is 0 Å². The molecule has 1 aromatic heterocycles. The molecule has 1 fully saturated rings. The maximum Gasteiger partial charge on any atom is 0.0858 e. The summed E-state index contributed by atoms with van der Waals surface area (Å²) < 4.78 is 7.91. The third-order valence-electron chi connectivity index (χ3n) is 3.93. The van der Waals surface area contributed by atoms with Crippen LogP contribution in [0.4, 0.5) is 0 Å². The van der Waals surface area contributed by atoms with Crippen LogP contribution in [0.1, 0.15) is 18.3 Å². The van der Waals surface area contributed by atoms with Crippen molar-refractivity contribution in [2.45, 2.75) is 31.9 Å². The number of hydrogen-bond donors (Lipinski definition) is 1. The predicted octanol–water partition coefficient (Wildman–Crippen LogP) is 0.444. The molecule has 0 radical (unpaired) electrons. The van der Waals surface area contributed by atoms with E-state index in [0.717, 1.165) is 38.2 Å². The molecule has 0 aliphatic carbocycles. The third-order valence-corrected chi connectivity index (χ3v) is 3.93. The minimum atomic E-state index is 0.253. The molecule has 2 atom stereocenters. The van der Waals surface area contributed by atoms with Gasteiger partial charge >= 0.3 is 0 Å². The van der Waals surface area contributed by atoms with Crippen molar-refractivity contribution >= 4 is 0 Å². The van der Waals surface area contributed by atoms with Gasteiger partial charge in [0.2, 0.25) is 0 Å². The Bertz CT molecular complexity index is 404. The van der Waals surface area contributed by atoms with Crippen molar-refractivity contribution in [2.75, 3.05) is 33.8 Å². The second kappa shape index (κ2) is 6.50. The van der Waals surface area contributed by atoms with Crippen molar-refractivity contribution < 1.29 is 4.74 Å². The average molecular weight is 266 g/mol. The quantitative estimate of drug-likeness (QED) is 0.840. The van der Waals surface area contributed by atoms with E-state index in [2.05, 4.69) is 35.4 Å². The van der Waals surface area contributed by atoms with Gasteiger partial charge in [-0.3, -0.25) is 4.68 Å². The molecule has 5 nitrogen and oxygen atoms in total. The maximum absolute atomic E-state index is 5.91. The summed E-state index contributed by atoms with van der Waals surface area (Å²) in [4.78, 5) is 2.33. The van der Waals surface area contributed by atoms with E-state index in [1.54, 1.807) is 0 Å². The van der Waals surface area contributed by atoms with E-state index >= 15 is 0 Å². The molecule has 2 rings (SSSR count). The van der Waals surface area contributed by atoms with E-state index in [1.807, 2.05) is 18.8 Å². The second-order valence-corrected chi connectivity index (χ2v) is 5.37. The first kappa shape index (κ1) is 14.5. The highest BCUT2D eigenvalue weighted by Crippen LogP contribution is 2.13. The highest BCUT2D eigenvalue weighted by atomic mass is 16.5. The molecule has 0 bridgehead atoms. The van der Waals surface area contributed by atoms with Gasteiger partial charge in [0.05, 0.1) is 18.4 Å². The normalized spacial score (nSPS) is 22.6. The Balaban J connectivity index is 2.03. The first-order valence-corrected chi connectivity index (χ1v) is 7.13. The molecule has 0 amide bonds. The number of nitrogens with zero attached hydrogens (tertiary/aromatic N) is 3. The van der Waals surface area contributed by atoms with E-state index < -0.39 is 0 Å². The van der Waals surface area contributed by atoms with Crippen LogP contribution in [0.15, 0.2) is 6.07 Å². The van der Waals surface area contributed by atoms with Gasteiger partial charge < -0.3 is 15.0 Å². The van der Waals surface area contributed by atoms with Gasteiger partial charge in [-0.2, -0.15) is 5.10 Å². The molecule has 1 aliphatic heterocycles. The van der Waals surface area contributed by atoms with Crippen LogP contribution in [0.25, 0.3) is 0 Å². The molecular formula is C14H26N4O. The minimum absolute atomic E-state index is 0.253. The highest BCUT2D eigenvalue weighted by molar-refractivity contribution is 5.12. The summed E-state index contributed by atoms with van der Waals surface area (Å²) in [6.07, 6.45) is 2.20. The van der Waals surface area contributed by atoms with Crippen molar-refractivity contribution in [1.82, 2.24) is 20.0 Å². The zero-order valence-corrected chi connectivity index (χ0v) is 12.5. The van der Waals surface area contributed by atoms with Crippen LogP contribution in [-0.4, -0.2) is 60.6 Å². The second-order valence-electron chi connectivity index (χ2n) is 5.37. The number of aryl methyl sites for hydroxylation is 2. The first-order chi connectivity index (χ1) is 9.13. The van der Waals surface area contributed by atoms with Crippen LogP contribution in [0.2, 0.25) is 0 Å². The molecule has 2 unspecified atom stereocenters. The number of likely N-dealkylation sites (N-methyl/N-ethyl adjacent to an activating group) is 2. The fourth-order valence-electron chi connectivity index (χ4n) is 2.63. The highest BCUT2D eigenvalue weighted by Gasteiger charge is 2.26. The number of morpholine rings is 1. The molecule has 0 spiro atoms. The molecule has 19 heavy (non-hydrogen) atoms. The molecule has 0 saturated carbocycles. The molecule has 5 heteroatoms. The Morgan fingerprint density at radius 3 is 2.89 bits per heavy atom. The number of nitrogens with one attached hydrogen (secondary N) is 1. The number of aromatic nitrogens is 2. The SMILES string of the molecule is CCc1cc(CC(NC)C2CN(C)CCO2)n(C)n1. The van der Waals surface area contributed by atoms with Crippen LogP contribution >= 0.6 is 0 Å². The Kier molecular flexibility index (Phi) is 4.96. The monoisotopic (exact) mass is 266 g/mol. The van der Waals surface area contributed by atoms with Gasteiger partial charge in [0.1, 0.15) is 0 Å². The lowest BCUT2D eigenvalue weighted by Crippen LogP contribution is -2.51. The molecule has 0 aromatic carbocycles. The molecule has 108 valence electrons. The lowest BCUT2D eigenvalue weighted by atomic mass is 10.0. The molecular weight excluding hydrogens is 240 g/mol. The van der Waals surface area contributed by atoms with Crippen molar-refractivity contribution in [1.29, 1.82) is 0 Å². The van der Waals surface area contributed by atoms with E-state index in [-0.39, 0.29) is 6.10 Å². The summed E-state index contributed by atoms with van der Waals surface area (Å²) in [5, 5.41) is 7.92. The van der Waals surface area contributed by atoms with Gasteiger partial charge in [0.15, 0.2) is 0 Å². The number of ether oxygens (including phenoxy) is 1. The van der Waals surface area contributed by atoms with Crippen molar-refractivity contribution in [3.8, 4) is 0 Å². The fraction of sp³-hybridized carbons (Fsp3) is 0.786. The van der Waals surface area contributed by atoms with Crippen LogP contribution < -0.4 is 5.32 Å². The summed E-state index contributed by atoms with van der Waals surface area (Å²) in [7, 11) is 6.19. The third kappa shape index (κ3) is 3.55. The average Bonchev–Trinajstić information content (AvgIpc) is 2.76. The van der Waals surface area contributed by atoms with Crippen molar-refractivity contribution in [3.63, 3.8) is 0 Å². The maximum atomic E-state index is 5.91. The Morgan fingerprint density at radius 1 is 1.53 bits per heavy atom. The smallest absolute Gasteiger partial charge is 0.0858 e. The summed E-state index contributed by atoms with van der Waals surface area (Å²) in [5.74, 6) is 0. The fourth-order valence-corrected chi connectivity index (χ4v) is 2.63. The van der Waals surface area contributed by atoms with Gasteiger partial charge in [0.25, 0.3) is 0 Å². The van der Waals surface area contributed by atoms with Gasteiger partial charge in [-0.15, -0.1) is 0 Å². The van der Waals surface area contributed by atoms with Crippen LogP contribution in [0.3, 0.4) is 0 Å². The standard InChI is InChI=1S/C14H26N4O/c1-5-11-8-12(18(4)16-11)9-13(15-2)14-10-17(3)6-7-19-14/h8,13-15H,5-7,9-10H2,1-4H3. The van der Waals surface area contributed by atoms with E-state index in [9.17, 15) is 0 Å². The van der Waals surface area contributed by atoms with Crippen molar-refractivity contribution in [2.24, 2.45) is 7.05 Å². The van der Waals surface area contributed by atoms with E-state index in [4.69, 9.17) is 4.74 Å².